The Morgan fingerprint density at radius 2 is 1.68 bits per heavy atom. The number of Topliss-reactive ketones (excluding diaryl/α,β-unsaturated/α-hetero) is 1. The highest BCUT2D eigenvalue weighted by Gasteiger charge is 2.12. The van der Waals surface area contributed by atoms with Gasteiger partial charge in [0, 0.05) is 24.1 Å². The van der Waals surface area contributed by atoms with E-state index in [2.05, 4.69) is 5.32 Å². The maximum Gasteiger partial charge on any atom is 0.306 e. The summed E-state index contributed by atoms with van der Waals surface area (Å²) in [7, 11) is 0. The largest absolute Gasteiger partial charge is 0.494 e. The van der Waals surface area contributed by atoms with Crippen LogP contribution in [-0.4, -0.2) is 30.9 Å². The normalized spacial score (nSPS) is 10.2. The van der Waals surface area contributed by atoms with Crippen molar-refractivity contribution < 1.29 is 23.9 Å². The van der Waals surface area contributed by atoms with Crippen LogP contribution in [-0.2, 0) is 20.7 Å². The molecule has 0 aromatic heterocycles. The highest BCUT2D eigenvalue weighted by Crippen LogP contribution is 2.19. The van der Waals surface area contributed by atoms with Gasteiger partial charge in [0.2, 0.25) is 5.91 Å². The van der Waals surface area contributed by atoms with Crippen LogP contribution in [0.2, 0.25) is 0 Å². The average Bonchev–Trinajstić information content (AvgIpc) is 2.72. The van der Waals surface area contributed by atoms with Gasteiger partial charge >= 0.3 is 5.97 Å². The zero-order chi connectivity index (χ0) is 20.4. The lowest BCUT2D eigenvalue weighted by Crippen LogP contribution is -2.15. The second-order valence-electron chi connectivity index (χ2n) is 6.10. The van der Waals surface area contributed by atoms with Crippen LogP contribution in [0.25, 0.3) is 0 Å². The fourth-order valence-electron chi connectivity index (χ4n) is 2.53. The third-order valence-corrected chi connectivity index (χ3v) is 4.05. The van der Waals surface area contributed by atoms with Crippen molar-refractivity contribution in [1.82, 2.24) is 0 Å². The maximum absolute atomic E-state index is 12.2. The molecule has 1 amide bonds. The summed E-state index contributed by atoms with van der Waals surface area (Å²) in [6.45, 7) is 3.90. The molecule has 0 aliphatic heterocycles. The minimum atomic E-state index is -0.438. The van der Waals surface area contributed by atoms with Gasteiger partial charge in [0.15, 0.2) is 12.4 Å². The van der Waals surface area contributed by atoms with Crippen LogP contribution < -0.4 is 10.1 Å². The van der Waals surface area contributed by atoms with Gasteiger partial charge in [-0.1, -0.05) is 25.1 Å². The molecule has 0 radical (unpaired) electrons. The Bertz CT molecular complexity index is 814. The fraction of sp³-hybridized carbons (Fsp3) is 0.318. The fourth-order valence-corrected chi connectivity index (χ4v) is 2.53. The lowest BCUT2D eigenvalue weighted by atomic mass is 10.1. The molecule has 0 atom stereocenters. The lowest BCUT2D eigenvalue weighted by molar-refractivity contribution is -0.142. The number of amides is 1. The molecule has 2 rings (SSSR count). The van der Waals surface area contributed by atoms with Gasteiger partial charge < -0.3 is 14.8 Å². The van der Waals surface area contributed by atoms with Crippen LogP contribution in [0.15, 0.2) is 48.5 Å². The summed E-state index contributed by atoms with van der Waals surface area (Å²) < 4.78 is 10.6. The topological polar surface area (TPSA) is 81.7 Å². The minimum Gasteiger partial charge on any atom is -0.494 e. The molecule has 28 heavy (non-hydrogen) atoms. The number of aryl methyl sites for hydroxylation is 1. The number of ether oxygens (including phenoxy) is 2. The van der Waals surface area contributed by atoms with E-state index in [0.717, 1.165) is 11.3 Å². The summed E-state index contributed by atoms with van der Waals surface area (Å²) in [6.07, 6.45) is 1.03. The number of hydrogen-bond donors (Lipinski definition) is 1. The number of hydrogen-bond acceptors (Lipinski definition) is 5. The van der Waals surface area contributed by atoms with E-state index in [1.54, 1.807) is 31.2 Å². The molecule has 0 saturated heterocycles. The summed E-state index contributed by atoms with van der Waals surface area (Å²) in [6, 6.07) is 14.0. The van der Waals surface area contributed by atoms with Crippen molar-refractivity contribution in [2.75, 3.05) is 18.5 Å². The van der Waals surface area contributed by atoms with Gasteiger partial charge in [-0.05, 0) is 49.2 Å². The van der Waals surface area contributed by atoms with Crippen molar-refractivity contribution in [1.29, 1.82) is 0 Å². The molecule has 0 fully saturated rings. The Morgan fingerprint density at radius 3 is 2.36 bits per heavy atom. The molecular formula is C22H25NO5. The van der Waals surface area contributed by atoms with E-state index in [-0.39, 0.29) is 24.7 Å². The zero-order valence-electron chi connectivity index (χ0n) is 16.2. The van der Waals surface area contributed by atoms with E-state index in [4.69, 9.17) is 9.47 Å². The van der Waals surface area contributed by atoms with E-state index in [1.165, 1.54) is 0 Å². The molecule has 0 saturated carbocycles. The number of esters is 1. The Balaban J connectivity index is 1.81. The summed E-state index contributed by atoms with van der Waals surface area (Å²) in [5, 5.41) is 2.71. The molecule has 6 heteroatoms. The SMILES string of the molecule is CCOc1ccccc1CCC(=O)OCC(=O)c1ccc(NC(=O)CC)cc1. The number of ketones is 1. The van der Waals surface area contributed by atoms with Crippen molar-refractivity contribution in [3.05, 3.63) is 59.7 Å². The van der Waals surface area contributed by atoms with Crippen LogP contribution in [0.1, 0.15) is 42.6 Å². The van der Waals surface area contributed by atoms with Gasteiger partial charge in [0.25, 0.3) is 0 Å². The van der Waals surface area contributed by atoms with E-state index in [9.17, 15) is 14.4 Å². The van der Waals surface area contributed by atoms with Crippen LogP contribution in [0.4, 0.5) is 5.69 Å². The second kappa shape index (κ2) is 10.9. The number of benzene rings is 2. The van der Waals surface area contributed by atoms with E-state index in [1.807, 2.05) is 31.2 Å². The number of nitrogens with one attached hydrogen (secondary N) is 1. The van der Waals surface area contributed by atoms with Crippen molar-refractivity contribution >= 4 is 23.3 Å². The molecule has 148 valence electrons. The maximum atomic E-state index is 12.2. The first kappa shape index (κ1) is 21.2. The zero-order valence-corrected chi connectivity index (χ0v) is 16.2. The summed E-state index contributed by atoms with van der Waals surface area (Å²) >= 11 is 0. The first-order valence-electron chi connectivity index (χ1n) is 9.33. The quantitative estimate of drug-likeness (QED) is 0.499. The number of carbonyl (C=O) groups excluding carboxylic acids is 3. The molecule has 0 aliphatic rings. The first-order valence-corrected chi connectivity index (χ1v) is 9.33. The average molecular weight is 383 g/mol. The van der Waals surface area contributed by atoms with Gasteiger partial charge in [-0.3, -0.25) is 14.4 Å². The minimum absolute atomic E-state index is 0.0982. The molecule has 2 aromatic carbocycles. The molecule has 0 unspecified atom stereocenters. The molecule has 1 N–H and O–H groups in total. The summed E-state index contributed by atoms with van der Waals surface area (Å²) in [5.74, 6) is -0.0778. The molecule has 2 aromatic rings. The molecule has 0 spiro atoms. The van der Waals surface area contributed by atoms with Crippen molar-refractivity contribution in [2.45, 2.75) is 33.1 Å². The highest BCUT2D eigenvalue weighted by molar-refractivity contribution is 5.98. The lowest BCUT2D eigenvalue weighted by Gasteiger charge is -2.10. The third kappa shape index (κ3) is 6.54. The number of anilines is 1. The molecule has 0 bridgehead atoms. The van der Waals surface area contributed by atoms with Crippen LogP contribution in [0.3, 0.4) is 0 Å². The molecule has 0 heterocycles. The van der Waals surface area contributed by atoms with Crippen molar-refractivity contribution in [3.63, 3.8) is 0 Å². The number of rotatable bonds is 10. The summed E-state index contributed by atoms with van der Waals surface area (Å²) in [5.41, 5.74) is 1.97. The van der Waals surface area contributed by atoms with Gasteiger partial charge in [0.1, 0.15) is 5.75 Å². The number of carbonyl (C=O) groups is 3. The standard InChI is InChI=1S/C22H25NO5/c1-3-21(25)23-18-12-9-16(10-13-18)19(24)15-28-22(26)14-11-17-7-5-6-8-20(17)27-4-2/h5-10,12-13H,3-4,11,14-15H2,1-2H3,(H,23,25). The van der Waals surface area contributed by atoms with Crippen molar-refractivity contribution in [2.24, 2.45) is 0 Å². The third-order valence-electron chi connectivity index (χ3n) is 4.05. The molecule has 6 nitrogen and oxygen atoms in total. The van der Waals surface area contributed by atoms with Gasteiger partial charge in [-0.15, -0.1) is 0 Å². The van der Waals surface area contributed by atoms with Crippen molar-refractivity contribution in [3.8, 4) is 5.75 Å². The monoisotopic (exact) mass is 383 g/mol. The molecule has 0 aliphatic carbocycles. The molecular weight excluding hydrogens is 358 g/mol. The van der Waals surface area contributed by atoms with Gasteiger partial charge in [-0.2, -0.15) is 0 Å². The van der Waals surface area contributed by atoms with Gasteiger partial charge in [0.05, 0.1) is 6.61 Å². The van der Waals surface area contributed by atoms with Crippen LogP contribution in [0, 0.1) is 0 Å². The van der Waals surface area contributed by atoms with Crippen LogP contribution in [0.5, 0.6) is 5.75 Å². The first-order chi connectivity index (χ1) is 13.5. The Hall–Kier alpha value is -3.15. The van der Waals surface area contributed by atoms with E-state index < -0.39 is 5.97 Å². The van der Waals surface area contributed by atoms with Gasteiger partial charge in [-0.25, -0.2) is 0 Å². The van der Waals surface area contributed by atoms with E-state index in [0.29, 0.717) is 30.7 Å². The Labute approximate surface area is 164 Å². The Kier molecular flexibility index (Phi) is 8.21. The smallest absolute Gasteiger partial charge is 0.306 e. The predicted octanol–water partition coefficient (Wildman–Crippen LogP) is 3.79. The summed E-state index contributed by atoms with van der Waals surface area (Å²) in [4.78, 5) is 35.5. The predicted molar refractivity (Wildman–Crippen MR) is 107 cm³/mol. The highest BCUT2D eigenvalue weighted by atomic mass is 16.5. The van der Waals surface area contributed by atoms with E-state index >= 15 is 0 Å². The Morgan fingerprint density at radius 1 is 0.964 bits per heavy atom. The second-order valence-corrected chi connectivity index (χ2v) is 6.10. The number of para-hydroxylation sites is 1. The van der Waals surface area contributed by atoms with Crippen LogP contribution >= 0.6 is 0 Å².